The highest BCUT2D eigenvalue weighted by atomic mass is 16.7. The number of benzene rings is 1. The molecule has 1 aromatic carbocycles. The Kier molecular flexibility index (Phi) is 2.82. The summed E-state index contributed by atoms with van der Waals surface area (Å²) in [5, 5.41) is 7.93. The van der Waals surface area contributed by atoms with Crippen molar-refractivity contribution in [3.63, 3.8) is 0 Å². The van der Waals surface area contributed by atoms with Crippen molar-refractivity contribution in [3.05, 3.63) is 51.7 Å². The third-order valence-corrected chi connectivity index (χ3v) is 2.01. The van der Waals surface area contributed by atoms with Crippen LogP contribution in [0.4, 0.5) is 5.95 Å². The molecule has 86 valence electrons. The van der Waals surface area contributed by atoms with Gasteiger partial charge < -0.3 is 0 Å². The van der Waals surface area contributed by atoms with E-state index < -0.39 is 10.6 Å². The average Bonchev–Trinajstić information content (AvgIpc) is 2.28. The molecule has 1 heterocycles. The molecule has 1 aromatic heterocycles. The highest BCUT2D eigenvalue weighted by Crippen LogP contribution is 2.14. The molecule has 0 amide bonds. The standard InChI is InChI=1S/C10H8N4O3/c15-9-6-8(7-4-2-1-3-5-7)11-10(12-9)13-14(16)17/h1-6H,(H2-,11,12,13,15,16,17)/p+1. The molecule has 0 aliphatic heterocycles. The summed E-state index contributed by atoms with van der Waals surface area (Å²) in [6.45, 7) is 0. The van der Waals surface area contributed by atoms with E-state index >= 15 is 0 Å². The lowest BCUT2D eigenvalue weighted by molar-refractivity contribution is -0.770. The van der Waals surface area contributed by atoms with Crippen LogP contribution >= 0.6 is 0 Å². The zero-order chi connectivity index (χ0) is 12.3. The van der Waals surface area contributed by atoms with Gasteiger partial charge in [0.1, 0.15) is 4.91 Å². The summed E-state index contributed by atoms with van der Waals surface area (Å²) >= 11 is 0. The van der Waals surface area contributed by atoms with Gasteiger partial charge in [0.25, 0.3) is 11.5 Å². The lowest BCUT2D eigenvalue weighted by atomic mass is 10.1. The number of aromatic amines is 1. The molecular weight excluding hydrogens is 224 g/mol. The molecular formula is C10H9N4O3+. The van der Waals surface area contributed by atoms with Gasteiger partial charge in [0.05, 0.1) is 5.69 Å². The quantitative estimate of drug-likeness (QED) is 0.685. The van der Waals surface area contributed by atoms with Gasteiger partial charge in [0.2, 0.25) is 0 Å². The van der Waals surface area contributed by atoms with E-state index in [0.717, 1.165) is 5.56 Å². The zero-order valence-electron chi connectivity index (χ0n) is 8.62. The van der Waals surface area contributed by atoms with Crippen molar-refractivity contribution in [1.82, 2.24) is 9.97 Å². The first kappa shape index (κ1) is 10.8. The second-order valence-corrected chi connectivity index (χ2v) is 3.23. The van der Waals surface area contributed by atoms with Crippen molar-refractivity contribution in [2.45, 2.75) is 0 Å². The van der Waals surface area contributed by atoms with Crippen molar-refractivity contribution in [2.75, 3.05) is 5.43 Å². The van der Waals surface area contributed by atoms with E-state index in [4.69, 9.17) is 5.21 Å². The van der Waals surface area contributed by atoms with Crippen LogP contribution in [0.3, 0.4) is 0 Å². The Balaban J connectivity index is 2.45. The van der Waals surface area contributed by atoms with E-state index in [-0.39, 0.29) is 5.95 Å². The number of hydrogen-bond acceptors (Lipinski definition) is 3. The third kappa shape index (κ3) is 2.65. The normalized spacial score (nSPS) is 9.88. The van der Waals surface area contributed by atoms with Crippen molar-refractivity contribution < 1.29 is 10.2 Å². The van der Waals surface area contributed by atoms with Gasteiger partial charge in [-0.1, -0.05) is 30.3 Å². The Labute approximate surface area is 95.3 Å². The summed E-state index contributed by atoms with van der Waals surface area (Å²) in [7, 11) is 0. The summed E-state index contributed by atoms with van der Waals surface area (Å²) in [5.41, 5.74) is 2.63. The topological polar surface area (TPSA) is 98.1 Å². The molecule has 2 rings (SSSR count). The van der Waals surface area contributed by atoms with Crippen LogP contribution in [0, 0.1) is 4.91 Å². The Morgan fingerprint density at radius 3 is 2.65 bits per heavy atom. The SMILES string of the molecule is O=c1cc(-c2ccccc2)nc(N[N+](=O)O)[nH]1. The predicted octanol–water partition coefficient (Wildman–Crippen LogP) is 0.932. The molecule has 0 saturated carbocycles. The lowest BCUT2D eigenvalue weighted by Crippen LogP contribution is -2.18. The van der Waals surface area contributed by atoms with Gasteiger partial charge in [-0.2, -0.15) is 0 Å². The molecule has 7 nitrogen and oxygen atoms in total. The van der Waals surface area contributed by atoms with Gasteiger partial charge in [0.15, 0.2) is 0 Å². The molecule has 0 atom stereocenters. The second-order valence-electron chi connectivity index (χ2n) is 3.23. The summed E-state index contributed by atoms with van der Waals surface area (Å²) in [6.07, 6.45) is 0. The summed E-state index contributed by atoms with van der Waals surface area (Å²) in [5.74, 6) is -0.131. The van der Waals surface area contributed by atoms with Gasteiger partial charge in [0, 0.05) is 11.6 Å². The molecule has 0 radical (unpaired) electrons. The van der Waals surface area contributed by atoms with E-state index in [0.29, 0.717) is 5.69 Å². The van der Waals surface area contributed by atoms with E-state index in [1.165, 1.54) is 6.07 Å². The zero-order valence-corrected chi connectivity index (χ0v) is 8.62. The van der Waals surface area contributed by atoms with E-state index in [9.17, 15) is 9.70 Å². The maximum Gasteiger partial charge on any atom is 0.362 e. The second kappa shape index (κ2) is 4.44. The molecule has 0 fully saturated rings. The Morgan fingerprint density at radius 1 is 1.29 bits per heavy atom. The number of hydrazine groups is 1. The number of nitrogens with one attached hydrogen (secondary N) is 2. The number of nitrogens with zero attached hydrogens (tertiary/aromatic N) is 2. The van der Waals surface area contributed by atoms with Crippen LogP contribution in [0.15, 0.2) is 41.2 Å². The summed E-state index contributed by atoms with van der Waals surface area (Å²) in [4.78, 5) is 27.9. The molecule has 0 aliphatic carbocycles. The van der Waals surface area contributed by atoms with Crippen molar-refractivity contribution in [3.8, 4) is 11.3 Å². The number of hydrogen-bond donors (Lipinski definition) is 3. The third-order valence-electron chi connectivity index (χ3n) is 2.01. The van der Waals surface area contributed by atoms with Crippen LogP contribution in [0.5, 0.6) is 0 Å². The molecule has 3 N–H and O–H groups in total. The van der Waals surface area contributed by atoms with Gasteiger partial charge in [-0.3, -0.25) is 9.78 Å². The number of H-pyrrole nitrogens is 1. The van der Waals surface area contributed by atoms with Gasteiger partial charge >= 0.3 is 5.03 Å². The highest BCUT2D eigenvalue weighted by Gasteiger charge is 2.09. The van der Waals surface area contributed by atoms with Crippen molar-refractivity contribution >= 4 is 5.95 Å². The molecule has 0 bridgehead atoms. The fraction of sp³-hybridized carbons (Fsp3) is 0. The maximum absolute atomic E-state index is 11.3. The Hall–Kier alpha value is -2.70. The van der Waals surface area contributed by atoms with Gasteiger partial charge in [-0.15, -0.1) is 0 Å². The van der Waals surface area contributed by atoms with Gasteiger partial charge in [-0.25, -0.2) is 10.2 Å². The van der Waals surface area contributed by atoms with E-state index in [1.54, 1.807) is 24.3 Å². The lowest BCUT2D eigenvalue weighted by Gasteiger charge is -2.00. The number of rotatable bonds is 3. The largest absolute Gasteiger partial charge is 0.362 e. The van der Waals surface area contributed by atoms with Crippen molar-refractivity contribution in [2.24, 2.45) is 0 Å². The fourth-order valence-electron chi connectivity index (χ4n) is 1.36. The van der Waals surface area contributed by atoms with Crippen LogP contribution in [0.1, 0.15) is 0 Å². The smallest absolute Gasteiger partial charge is 0.288 e. The van der Waals surface area contributed by atoms with Crippen LogP contribution in [0.2, 0.25) is 0 Å². The first-order valence-electron chi connectivity index (χ1n) is 4.75. The summed E-state index contributed by atoms with van der Waals surface area (Å²) in [6, 6.07) is 10.3. The highest BCUT2D eigenvalue weighted by molar-refractivity contribution is 5.59. The number of anilines is 1. The Morgan fingerprint density at radius 2 is 2.00 bits per heavy atom. The summed E-state index contributed by atoms with van der Waals surface area (Å²) < 4.78 is 0. The Bertz CT molecular complexity index is 594. The molecule has 0 unspecified atom stereocenters. The average molecular weight is 233 g/mol. The minimum atomic E-state index is -0.535. The van der Waals surface area contributed by atoms with Gasteiger partial charge in [-0.05, 0) is 5.43 Å². The van der Waals surface area contributed by atoms with Crippen LogP contribution in [-0.2, 0) is 0 Å². The van der Waals surface area contributed by atoms with E-state index in [1.807, 2.05) is 11.5 Å². The fourth-order valence-corrected chi connectivity index (χ4v) is 1.36. The van der Waals surface area contributed by atoms with Crippen LogP contribution < -0.4 is 11.0 Å². The maximum atomic E-state index is 11.3. The van der Waals surface area contributed by atoms with Crippen LogP contribution in [-0.4, -0.2) is 20.2 Å². The predicted molar refractivity (Wildman–Crippen MR) is 59.3 cm³/mol. The minimum absolute atomic E-state index is 0.131. The number of aromatic nitrogens is 2. The monoisotopic (exact) mass is 233 g/mol. The molecule has 0 aliphatic rings. The molecule has 0 spiro atoms. The van der Waals surface area contributed by atoms with Crippen molar-refractivity contribution in [1.29, 1.82) is 0 Å². The van der Waals surface area contributed by atoms with Crippen LogP contribution in [0.25, 0.3) is 11.3 Å². The molecule has 7 heteroatoms. The molecule has 0 saturated heterocycles. The first-order valence-corrected chi connectivity index (χ1v) is 4.75. The molecule has 17 heavy (non-hydrogen) atoms. The first-order chi connectivity index (χ1) is 8.15. The molecule has 2 aromatic rings. The van der Waals surface area contributed by atoms with E-state index in [2.05, 4.69) is 9.97 Å². The minimum Gasteiger partial charge on any atom is -0.288 e.